The molecule has 78 valence electrons. The second-order valence-electron chi connectivity index (χ2n) is 3.83. The quantitative estimate of drug-likeness (QED) is 0.706. The van der Waals surface area contributed by atoms with Crippen molar-refractivity contribution in [3.05, 3.63) is 0 Å². The number of hydrogen-bond donors (Lipinski definition) is 1. The largest absolute Gasteiger partial charge is 0.326 e. The average molecular weight is 214 g/mol. The van der Waals surface area contributed by atoms with Gasteiger partial charge in [0.05, 0.1) is 11.8 Å². The molecule has 2 aliphatic rings. The second kappa shape index (κ2) is 3.90. The van der Waals surface area contributed by atoms with E-state index in [4.69, 9.17) is 5.73 Å². The van der Waals surface area contributed by atoms with Crippen LogP contribution in [-0.2, 0) is 4.79 Å². The van der Waals surface area contributed by atoms with Gasteiger partial charge in [-0.1, -0.05) is 24.6 Å². The Morgan fingerprint density at radius 2 is 2.00 bits per heavy atom. The summed E-state index contributed by atoms with van der Waals surface area (Å²) in [6, 6.07) is -0.0610. The van der Waals surface area contributed by atoms with Crippen molar-refractivity contribution in [1.82, 2.24) is 4.90 Å². The van der Waals surface area contributed by atoms with Crippen molar-refractivity contribution in [3.8, 4) is 0 Å². The highest BCUT2D eigenvalue weighted by Gasteiger charge is 2.39. The van der Waals surface area contributed by atoms with Crippen LogP contribution in [0.25, 0.3) is 0 Å². The third kappa shape index (κ3) is 1.66. The maximum atomic E-state index is 11.5. The molecule has 1 heterocycles. The Labute approximate surface area is 87.2 Å². The second-order valence-corrected chi connectivity index (χ2v) is 4.76. The highest BCUT2D eigenvalue weighted by atomic mass is 32.2. The van der Waals surface area contributed by atoms with Gasteiger partial charge in [-0.2, -0.15) is 0 Å². The summed E-state index contributed by atoms with van der Waals surface area (Å²) in [4.78, 5) is 24.3. The number of carbonyl (C=O) groups excluding carboxylic acids is 2. The minimum absolute atomic E-state index is 0.0182. The predicted molar refractivity (Wildman–Crippen MR) is 54.9 cm³/mol. The topological polar surface area (TPSA) is 63.4 Å². The number of rotatable bonds is 1. The number of nitrogens with two attached hydrogens (primary N) is 1. The van der Waals surface area contributed by atoms with Gasteiger partial charge in [-0.15, -0.1) is 0 Å². The molecule has 2 atom stereocenters. The minimum atomic E-state index is -0.114. The summed E-state index contributed by atoms with van der Waals surface area (Å²) >= 11 is 1.09. The minimum Gasteiger partial charge on any atom is -0.326 e. The summed E-state index contributed by atoms with van der Waals surface area (Å²) in [7, 11) is 0. The van der Waals surface area contributed by atoms with Crippen LogP contribution < -0.4 is 5.73 Å². The molecule has 0 radical (unpaired) electrons. The van der Waals surface area contributed by atoms with Crippen molar-refractivity contribution in [2.45, 2.75) is 37.8 Å². The predicted octanol–water partition coefficient (Wildman–Crippen LogP) is 0.952. The Morgan fingerprint density at radius 1 is 1.29 bits per heavy atom. The molecule has 1 saturated heterocycles. The van der Waals surface area contributed by atoms with Gasteiger partial charge in [0.15, 0.2) is 0 Å². The summed E-state index contributed by atoms with van der Waals surface area (Å²) < 4.78 is 0. The number of nitrogens with zero attached hydrogens (tertiary/aromatic N) is 1. The fraction of sp³-hybridized carbons (Fsp3) is 0.778. The first-order valence-corrected chi connectivity index (χ1v) is 5.93. The highest BCUT2D eigenvalue weighted by Crippen LogP contribution is 2.28. The van der Waals surface area contributed by atoms with Crippen LogP contribution in [0.1, 0.15) is 25.7 Å². The first kappa shape index (κ1) is 9.98. The first-order valence-electron chi connectivity index (χ1n) is 4.94. The van der Waals surface area contributed by atoms with Gasteiger partial charge in [0.25, 0.3) is 5.24 Å². The van der Waals surface area contributed by atoms with Crippen LogP contribution in [0.15, 0.2) is 0 Å². The summed E-state index contributed by atoms with van der Waals surface area (Å²) in [5.74, 6) is 0.226. The van der Waals surface area contributed by atoms with Gasteiger partial charge in [0.1, 0.15) is 0 Å². The Morgan fingerprint density at radius 3 is 2.57 bits per heavy atom. The standard InChI is InChI=1S/C9H14N2O2S/c10-6-3-1-2-4-7(6)11-8(12)5-14-9(11)13/h6-7H,1-5,10H2. The lowest BCUT2D eigenvalue weighted by atomic mass is 9.90. The average Bonchev–Trinajstić information content (AvgIpc) is 2.48. The van der Waals surface area contributed by atoms with Crippen LogP contribution in [0, 0.1) is 0 Å². The molecular weight excluding hydrogens is 200 g/mol. The van der Waals surface area contributed by atoms with Crippen LogP contribution in [0.3, 0.4) is 0 Å². The lowest BCUT2D eigenvalue weighted by molar-refractivity contribution is -0.126. The normalized spacial score (nSPS) is 33.9. The maximum Gasteiger partial charge on any atom is 0.289 e. The molecule has 0 spiro atoms. The molecule has 2 rings (SSSR count). The van der Waals surface area contributed by atoms with E-state index in [9.17, 15) is 9.59 Å². The van der Waals surface area contributed by atoms with Crippen LogP contribution in [0.5, 0.6) is 0 Å². The molecule has 0 aromatic heterocycles. The zero-order chi connectivity index (χ0) is 10.1. The molecule has 2 amide bonds. The lowest BCUT2D eigenvalue weighted by Crippen LogP contribution is -2.51. The fourth-order valence-corrected chi connectivity index (χ4v) is 2.91. The molecule has 0 aromatic rings. The number of carbonyl (C=O) groups is 2. The van der Waals surface area contributed by atoms with Gasteiger partial charge in [0, 0.05) is 6.04 Å². The molecule has 0 aromatic carbocycles. The molecule has 4 nitrogen and oxygen atoms in total. The summed E-state index contributed by atoms with van der Waals surface area (Å²) in [5.41, 5.74) is 5.93. The Hall–Kier alpha value is -0.550. The highest BCUT2D eigenvalue weighted by molar-refractivity contribution is 8.14. The van der Waals surface area contributed by atoms with Crippen molar-refractivity contribution >= 4 is 22.9 Å². The zero-order valence-corrected chi connectivity index (χ0v) is 8.76. The van der Waals surface area contributed by atoms with Crippen LogP contribution in [-0.4, -0.2) is 33.9 Å². The van der Waals surface area contributed by atoms with Gasteiger partial charge in [-0.05, 0) is 12.8 Å². The van der Waals surface area contributed by atoms with Gasteiger partial charge in [-0.3, -0.25) is 14.5 Å². The Bertz CT molecular complexity index is 254. The van der Waals surface area contributed by atoms with E-state index in [1.165, 1.54) is 4.90 Å². The van der Waals surface area contributed by atoms with E-state index in [0.29, 0.717) is 5.75 Å². The third-order valence-electron chi connectivity index (χ3n) is 2.90. The molecule has 14 heavy (non-hydrogen) atoms. The molecule has 2 unspecified atom stereocenters. The molecule has 5 heteroatoms. The van der Waals surface area contributed by atoms with Gasteiger partial charge >= 0.3 is 0 Å². The number of thioether (sulfide) groups is 1. The van der Waals surface area contributed by atoms with Crippen molar-refractivity contribution in [2.24, 2.45) is 5.73 Å². The SMILES string of the molecule is NC1CCCCC1N1C(=O)CSC1=O. The van der Waals surface area contributed by atoms with Crippen molar-refractivity contribution in [1.29, 1.82) is 0 Å². The van der Waals surface area contributed by atoms with E-state index in [0.717, 1.165) is 37.4 Å². The summed E-state index contributed by atoms with van der Waals surface area (Å²) in [6.45, 7) is 0. The van der Waals surface area contributed by atoms with Gasteiger partial charge in [0.2, 0.25) is 5.91 Å². The van der Waals surface area contributed by atoms with Crippen molar-refractivity contribution in [3.63, 3.8) is 0 Å². The zero-order valence-electron chi connectivity index (χ0n) is 7.94. The van der Waals surface area contributed by atoms with Crippen molar-refractivity contribution < 1.29 is 9.59 Å². The van der Waals surface area contributed by atoms with Gasteiger partial charge < -0.3 is 5.73 Å². The van der Waals surface area contributed by atoms with Crippen LogP contribution in [0.4, 0.5) is 4.79 Å². The third-order valence-corrected chi connectivity index (χ3v) is 3.73. The number of imide groups is 1. The number of hydrogen-bond acceptors (Lipinski definition) is 4. The molecule has 0 bridgehead atoms. The molecule has 2 N–H and O–H groups in total. The first-order chi connectivity index (χ1) is 6.70. The van der Waals surface area contributed by atoms with E-state index in [-0.39, 0.29) is 23.2 Å². The molecule has 1 aliphatic carbocycles. The van der Waals surface area contributed by atoms with Crippen LogP contribution in [0.2, 0.25) is 0 Å². The molecule has 1 saturated carbocycles. The van der Waals surface area contributed by atoms with Crippen molar-refractivity contribution in [2.75, 3.05) is 5.75 Å². The van der Waals surface area contributed by atoms with E-state index in [1.807, 2.05) is 0 Å². The maximum absolute atomic E-state index is 11.5. The summed E-state index contributed by atoms with van der Waals surface area (Å²) in [6.07, 6.45) is 3.98. The smallest absolute Gasteiger partial charge is 0.289 e. The van der Waals surface area contributed by atoms with E-state index in [1.54, 1.807) is 0 Å². The fourth-order valence-electron chi connectivity index (χ4n) is 2.15. The van der Waals surface area contributed by atoms with Gasteiger partial charge in [-0.25, -0.2) is 0 Å². The molecule has 2 fully saturated rings. The number of amides is 2. The Kier molecular flexibility index (Phi) is 2.78. The van der Waals surface area contributed by atoms with E-state index >= 15 is 0 Å². The summed E-state index contributed by atoms with van der Waals surface area (Å²) in [5, 5.41) is -0.114. The molecule has 1 aliphatic heterocycles. The van der Waals surface area contributed by atoms with E-state index in [2.05, 4.69) is 0 Å². The lowest BCUT2D eigenvalue weighted by Gasteiger charge is -2.34. The molecular formula is C9H14N2O2S. The monoisotopic (exact) mass is 214 g/mol. The Balaban J connectivity index is 2.12. The van der Waals surface area contributed by atoms with Crippen LogP contribution >= 0.6 is 11.8 Å². The van der Waals surface area contributed by atoms with E-state index < -0.39 is 0 Å².